The zero-order chi connectivity index (χ0) is 18.1. The number of hydrogen-bond donors (Lipinski definition) is 2. The monoisotopic (exact) mass is 329 g/mol. The van der Waals surface area contributed by atoms with Crippen LogP contribution in [0.25, 0.3) is 6.08 Å². The van der Waals surface area contributed by atoms with Crippen molar-refractivity contribution in [2.24, 2.45) is 0 Å². The van der Waals surface area contributed by atoms with Crippen LogP contribution < -0.4 is 10.6 Å². The number of para-hydroxylation sites is 1. The van der Waals surface area contributed by atoms with E-state index in [4.69, 9.17) is 11.7 Å². The maximum absolute atomic E-state index is 12.1. The molecule has 0 aliphatic heterocycles. The minimum absolute atomic E-state index is 0.103. The number of amides is 2. The summed E-state index contributed by atoms with van der Waals surface area (Å²) in [6, 6.07) is 15.6. The Morgan fingerprint density at radius 1 is 1.12 bits per heavy atom. The standard InChI is InChI=1S/C20H15N3O2/c1-2-13-22-20(25)17-9-5-6-10-18(17)23-19(24)12-11-15-7-3-4-8-16(15)14-21/h1,3-12H,13H2,(H,22,25)(H,23,24)/b12-11+. The largest absolute Gasteiger partial charge is 0.341 e. The van der Waals surface area contributed by atoms with Gasteiger partial charge >= 0.3 is 0 Å². The summed E-state index contributed by atoms with van der Waals surface area (Å²) >= 11 is 0. The lowest BCUT2D eigenvalue weighted by molar-refractivity contribution is -0.111. The smallest absolute Gasteiger partial charge is 0.254 e. The molecule has 122 valence electrons. The summed E-state index contributed by atoms with van der Waals surface area (Å²) in [4.78, 5) is 24.2. The highest BCUT2D eigenvalue weighted by molar-refractivity contribution is 6.07. The summed E-state index contributed by atoms with van der Waals surface area (Å²) in [5.41, 5.74) is 1.80. The molecule has 0 aliphatic carbocycles. The van der Waals surface area contributed by atoms with E-state index in [1.54, 1.807) is 54.6 Å². The van der Waals surface area contributed by atoms with Gasteiger partial charge in [-0.2, -0.15) is 5.26 Å². The van der Waals surface area contributed by atoms with Crippen molar-refractivity contribution in [1.82, 2.24) is 5.32 Å². The Balaban J connectivity index is 2.14. The second-order valence-electron chi connectivity index (χ2n) is 4.95. The normalized spacial score (nSPS) is 9.84. The zero-order valence-electron chi connectivity index (χ0n) is 13.3. The fraction of sp³-hybridized carbons (Fsp3) is 0.0500. The van der Waals surface area contributed by atoms with E-state index in [1.807, 2.05) is 0 Å². The van der Waals surface area contributed by atoms with Gasteiger partial charge < -0.3 is 10.6 Å². The van der Waals surface area contributed by atoms with E-state index in [0.717, 1.165) is 0 Å². The van der Waals surface area contributed by atoms with Crippen LogP contribution in [-0.2, 0) is 4.79 Å². The number of hydrogen-bond acceptors (Lipinski definition) is 3. The molecule has 0 bridgehead atoms. The Labute approximate surface area is 146 Å². The van der Waals surface area contributed by atoms with Gasteiger partial charge in [-0.3, -0.25) is 9.59 Å². The molecule has 0 radical (unpaired) electrons. The van der Waals surface area contributed by atoms with Gasteiger partial charge in [0.05, 0.1) is 29.4 Å². The summed E-state index contributed by atoms with van der Waals surface area (Å²) < 4.78 is 0. The second-order valence-corrected chi connectivity index (χ2v) is 4.95. The van der Waals surface area contributed by atoms with Gasteiger partial charge in [0.2, 0.25) is 5.91 Å². The van der Waals surface area contributed by atoms with Crippen LogP contribution in [-0.4, -0.2) is 18.4 Å². The summed E-state index contributed by atoms with van der Waals surface area (Å²) in [6.07, 6.45) is 7.99. The molecule has 0 saturated carbocycles. The lowest BCUT2D eigenvalue weighted by Gasteiger charge is -2.09. The van der Waals surface area contributed by atoms with Gasteiger partial charge in [-0.15, -0.1) is 6.42 Å². The maximum Gasteiger partial charge on any atom is 0.254 e. The van der Waals surface area contributed by atoms with Crippen LogP contribution >= 0.6 is 0 Å². The summed E-state index contributed by atoms with van der Waals surface area (Å²) in [5, 5.41) is 14.3. The molecule has 2 rings (SSSR count). The SMILES string of the molecule is C#CCNC(=O)c1ccccc1NC(=O)/C=C/c1ccccc1C#N. The van der Waals surface area contributed by atoms with Crippen LogP contribution in [0, 0.1) is 23.7 Å². The summed E-state index contributed by atoms with van der Waals surface area (Å²) in [6.45, 7) is 0.103. The predicted molar refractivity (Wildman–Crippen MR) is 96.4 cm³/mol. The third-order valence-electron chi connectivity index (χ3n) is 3.28. The minimum atomic E-state index is -0.412. The van der Waals surface area contributed by atoms with Gasteiger partial charge in [0.15, 0.2) is 0 Å². The molecule has 0 unspecified atom stereocenters. The first kappa shape index (κ1) is 17.5. The Bertz CT molecular complexity index is 902. The number of nitrogens with one attached hydrogen (secondary N) is 2. The summed E-state index contributed by atoms with van der Waals surface area (Å²) in [5.74, 6) is 1.54. The molecule has 2 N–H and O–H groups in total. The maximum atomic E-state index is 12.1. The molecular weight excluding hydrogens is 314 g/mol. The van der Waals surface area contributed by atoms with Crippen molar-refractivity contribution in [3.8, 4) is 18.4 Å². The molecule has 0 aliphatic rings. The lowest BCUT2D eigenvalue weighted by Crippen LogP contribution is -2.25. The van der Waals surface area contributed by atoms with Crippen LogP contribution in [0.5, 0.6) is 0 Å². The average Bonchev–Trinajstić information content (AvgIpc) is 2.65. The first-order chi connectivity index (χ1) is 12.2. The van der Waals surface area contributed by atoms with E-state index in [0.29, 0.717) is 22.4 Å². The van der Waals surface area contributed by atoms with Crippen molar-refractivity contribution in [3.63, 3.8) is 0 Å². The lowest BCUT2D eigenvalue weighted by atomic mass is 10.1. The highest BCUT2D eigenvalue weighted by Gasteiger charge is 2.11. The van der Waals surface area contributed by atoms with Crippen molar-refractivity contribution in [1.29, 1.82) is 5.26 Å². The van der Waals surface area contributed by atoms with Gasteiger partial charge in [-0.25, -0.2) is 0 Å². The number of carbonyl (C=O) groups is 2. The Morgan fingerprint density at radius 2 is 1.84 bits per heavy atom. The van der Waals surface area contributed by atoms with Crippen LogP contribution in [0.15, 0.2) is 54.6 Å². The van der Waals surface area contributed by atoms with Gasteiger partial charge in [-0.05, 0) is 29.8 Å². The van der Waals surface area contributed by atoms with Gasteiger partial charge in [0.1, 0.15) is 0 Å². The number of carbonyl (C=O) groups excluding carboxylic acids is 2. The third kappa shape index (κ3) is 4.82. The molecule has 0 spiro atoms. The molecule has 25 heavy (non-hydrogen) atoms. The molecule has 2 aromatic rings. The molecule has 0 atom stereocenters. The highest BCUT2D eigenvalue weighted by atomic mass is 16.2. The molecule has 0 heterocycles. The van der Waals surface area contributed by atoms with Gasteiger partial charge in [0, 0.05) is 6.08 Å². The highest BCUT2D eigenvalue weighted by Crippen LogP contribution is 2.15. The molecule has 5 nitrogen and oxygen atoms in total. The summed E-state index contributed by atoms with van der Waals surface area (Å²) in [7, 11) is 0. The predicted octanol–water partition coefficient (Wildman–Crippen LogP) is 2.57. The van der Waals surface area contributed by atoms with E-state index < -0.39 is 5.91 Å². The molecule has 0 fully saturated rings. The molecular formula is C20H15N3O2. The van der Waals surface area contributed by atoms with Crippen LogP contribution in [0.3, 0.4) is 0 Å². The topological polar surface area (TPSA) is 82.0 Å². The van der Waals surface area contributed by atoms with Gasteiger partial charge in [0.25, 0.3) is 5.91 Å². The number of nitriles is 1. The van der Waals surface area contributed by atoms with Gasteiger partial charge in [-0.1, -0.05) is 36.3 Å². The number of nitrogens with zero attached hydrogens (tertiary/aromatic N) is 1. The number of rotatable bonds is 5. The van der Waals surface area contributed by atoms with E-state index in [1.165, 1.54) is 6.08 Å². The van der Waals surface area contributed by atoms with E-state index in [-0.39, 0.29) is 12.5 Å². The van der Waals surface area contributed by atoms with Crippen LogP contribution in [0.2, 0.25) is 0 Å². The minimum Gasteiger partial charge on any atom is -0.341 e. The van der Waals surface area contributed by atoms with Crippen molar-refractivity contribution in [2.45, 2.75) is 0 Å². The number of anilines is 1. The second kappa shape index (κ2) is 8.71. The van der Waals surface area contributed by atoms with Crippen LogP contribution in [0.4, 0.5) is 5.69 Å². The molecule has 5 heteroatoms. The Hall–Kier alpha value is -3.83. The van der Waals surface area contributed by atoms with Crippen LogP contribution in [0.1, 0.15) is 21.5 Å². The number of terminal acetylenes is 1. The van der Waals surface area contributed by atoms with E-state index in [9.17, 15) is 9.59 Å². The van der Waals surface area contributed by atoms with Crippen molar-refractivity contribution >= 4 is 23.6 Å². The zero-order valence-corrected chi connectivity index (χ0v) is 13.3. The third-order valence-corrected chi connectivity index (χ3v) is 3.28. The molecule has 0 saturated heterocycles. The van der Waals surface area contributed by atoms with E-state index in [2.05, 4.69) is 22.6 Å². The Morgan fingerprint density at radius 3 is 2.60 bits per heavy atom. The quantitative estimate of drug-likeness (QED) is 0.653. The first-order valence-corrected chi connectivity index (χ1v) is 7.44. The van der Waals surface area contributed by atoms with Crippen molar-refractivity contribution < 1.29 is 9.59 Å². The first-order valence-electron chi connectivity index (χ1n) is 7.44. The van der Waals surface area contributed by atoms with Crippen molar-refractivity contribution in [3.05, 3.63) is 71.3 Å². The molecule has 2 amide bonds. The molecule has 0 aromatic heterocycles. The fourth-order valence-corrected chi connectivity index (χ4v) is 2.10. The average molecular weight is 329 g/mol. The van der Waals surface area contributed by atoms with E-state index >= 15 is 0 Å². The Kier molecular flexibility index (Phi) is 6.11. The van der Waals surface area contributed by atoms with Crippen molar-refractivity contribution in [2.75, 3.05) is 11.9 Å². The molecule has 2 aromatic carbocycles. The fourth-order valence-electron chi connectivity index (χ4n) is 2.10. The number of benzene rings is 2.